The van der Waals surface area contributed by atoms with Crippen LogP contribution in [0, 0.1) is 5.92 Å². The summed E-state index contributed by atoms with van der Waals surface area (Å²) in [5.74, 6) is 1.40. The van der Waals surface area contributed by atoms with Gasteiger partial charge in [-0.2, -0.15) is 0 Å². The minimum absolute atomic E-state index is 0.0597. The highest BCUT2D eigenvalue weighted by Crippen LogP contribution is 2.46. The van der Waals surface area contributed by atoms with Crippen molar-refractivity contribution in [3.8, 4) is 0 Å². The van der Waals surface area contributed by atoms with Gasteiger partial charge in [0.2, 0.25) is 0 Å². The first-order valence-electron chi connectivity index (χ1n) is 6.22. The largest absolute Gasteiger partial charge is 0.369 e. The maximum atomic E-state index is 6.15. The van der Waals surface area contributed by atoms with Crippen molar-refractivity contribution in [2.75, 3.05) is 7.05 Å². The quantitative estimate of drug-likeness (QED) is 0.848. The smallest absolute Gasteiger partial charge is 0.123 e. The fourth-order valence-corrected chi connectivity index (χ4v) is 3.10. The SMILES string of the molecule is CNC(c1ncc[nH]1)C1CC(C)(C)OC1(C)C. The third-order valence-electron chi connectivity index (χ3n) is 3.67. The summed E-state index contributed by atoms with van der Waals surface area (Å²) < 4.78 is 6.15. The molecule has 0 spiro atoms. The Labute approximate surface area is 103 Å². The van der Waals surface area contributed by atoms with Crippen LogP contribution in [-0.2, 0) is 4.74 Å². The lowest BCUT2D eigenvalue weighted by molar-refractivity contribution is -0.0779. The lowest BCUT2D eigenvalue weighted by atomic mass is 9.81. The van der Waals surface area contributed by atoms with Gasteiger partial charge in [-0.15, -0.1) is 0 Å². The normalized spacial score (nSPS) is 28.2. The van der Waals surface area contributed by atoms with E-state index in [-0.39, 0.29) is 17.2 Å². The molecule has 2 heterocycles. The van der Waals surface area contributed by atoms with Crippen molar-refractivity contribution in [3.63, 3.8) is 0 Å². The number of aromatic amines is 1. The van der Waals surface area contributed by atoms with Crippen LogP contribution in [0.5, 0.6) is 0 Å². The number of nitrogens with one attached hydrogen (secondary N) is 2. The Morgan fingerprint density at radius 2 is 2.18 bits per heavy atom. The summed E-state index contributed by atoms with van der Waals surface area (Å²) in [5.41, 5.74) is -0.195. The fourth-order valence-electron chi connectivity index (χ4n) is 3.10. The second kappa shape index (κ2) is 4.10. The minimum atomic E-state index is -0.135. The molecule has 2 rings (SSSR count). The molecular weight excluding hydrogens is 214 g/mol. The number of imidazole rings is 1. The molecule has 4 nitrogen and oxygen atoms in total. The Hall–Kier alpha value is -0.870. The van der Waals surface area contributed by atoms with Gasteiger partial charge in [0.1, 0.15) is 5.82 Å². The van der Waals surface area contributed by atoms with Gasteiger partial charge in [0.25, 0.3) is 0 Å². The molecule has 1 aliphatic heterocycles. The predicted octanol–water partition coefficient (Wildman–Crippen LogP) is 2.26. The fraction of sp³-hybridized carbons (Fsp3) is 0.769. The van der Waals surface area contributed by atoms with Gasteiger partial charge < -0.3 is 15.0 Å². The third kappa shape index (κ3) is 2.38. The van der Waals surface area contributed by atoms with Crippen LogP contribution < -0.4 is 5.32 Å². The van der Waals surface area contributed by atoms with Crippen LogP contribution in [0.25, 0.3) is 0 Å². The number of rotatable bonds is 3. The van der Waals surface area contributed by atoms with E-state index in [0.29, 0.717) is 5.92 Å². The van der Waals surface area contributed by atoms with E-state index in [1.165, 1.54) is 0 Å². The lowest BCUT2D eigenvalue weighted by Crippen LogP contribution is -2.37. The Morgan fingerprint density at radius 1 is 1.47 bits per heavy atom. The zero-order valence-corrected chi connectivity index (χ0v) is 11.4. The number of H-pyrrole nitrogens is 1. The standard InChI is InChI=1S/C13H23N3O/c1-12(2)8-9(13(3,4)17-12)10(14-5)11-15-6-7-16-11/h6-7,9-10,14H,8H2,1-5H3,(H,15,16). The molecule has 0 aliphatic carbocycles. The van der Waals surface area contributed by atoms with Gasteiger partial charge in [0.05, 0.1) is 17.2 Å². The maximum absolute atomic E-state index is 6.15. The molecule has 96 valence electrons. The lowest BCUT2D eigenvalue weighted by Gasteiger charge is -2.31. The highest BCUT2D eigenvalue weighted by Gasteiger charge is 2.49. The first kappa shape index (κ1) is 12.6. The molecule has 1 aromatic rings. The van der Waals surface area contributed by atoms with Crippen LogP contribution in [0.15, 0.2) is 12.4 Å². The summed E-state index contributed by atoms with van der Waals surface area (Å²) >= 11 is 0. The van der Waals surface area contributed by atoms with Crippen molar-refractivity contribution < 1.29 is 4.74 Å². The molecule has 1 fully saturated rings. The topological polar surface area (TPSA) is 49.9 Å². The zero-order chi connectivity index (χ0) is 12.7. The molecule has 0 aromatic carbocycles. The van der Waals surface area contributed by atoms with Crippen LogP contribution >= 0.6 is 0 Å². The monoisotopic (exact) mass is 237 g/mol. The number of hydrogen-bond acceptors (Lipinski definition) is 3. The van der Waals surface area contributed by atoms with Gasteiger partial charge >= 0.3 is 0 Å². The first-order chi connectivity index (χ1) is 7.86. The van der Waals surface area contributed by atoms with Crippen molar-refractivity contribution in [2.45, 2.75) is 51.4 Å². The molecule has 1 aliphatic rings. The van der Waals surface area contributed by atoms with Crippen molar-refractivity contribution >= 4 is 0 Å². The number of hydrogen-bond donors (Lipinski definition) is 2. The molecule has 2 unspecified atom stereocenters. The number of nitrogens with zero attached hydrogens (tertiary/aromatic N) is 1. The molecule has 0 bridgehead atoms. The molecule has 4 heteroatoms. The number of aromatic nitrogens is 2. The van der Waals surface area contributed by atoms with E-state index in [1.807, 2.05) is 13.2 Å². The summed E-state index contributed by atoms with van der Waals surface area (Å²) in [4.78, 5) is 7.57. The molecule has 2 atom stereocenters. The van der Waals surface area contributed by atoms with Gasteiger partial charge in [0, 0.05) is 18.3 Å². The molecule has 0 amide bonds. The third-order valence-corrected chi connectivity index (χ3v) is 3.67. The Balaban J connectivity index is 2.26. The van der Waals surface area contributed by atoms with E-state index in [4.69, 9.17) is 4.74 Å². The highest BCUT2D eigenvalue weighted by molar-refractivity contribution is 5.06. The molecular formula is C13H23N3O. The van der Waals surface area contributed by atoms with Gasteiger partial charge in [-0.25, -0.2) is 4.98 Å². The van der Waals surface area contributed by atoms with Gasteiger partial charge in [-0.3, -0.25) is 0 Å². The summed E-state index contributed by atoms with van der Waals surface area (Å²) in [7, 11) is 1.98. The average Bonchev–Trinajstić information content (AvgIpc) is 2.74. The van der Waals surface area contributed by atoms with Gasteiger partial charge in [0.15, 0.2) is 0 Å². The highest BCUT2D eigenvalue weighted by atomic mass is 16.5. The second-order valence-electron chi connectivity index (χ2n) is 6.02. The summed E-state index contributed by atoms with van der Waals surface area (Å²) in [6.07, 6.45) is 4.70. The minimum Gasteiger partial charge on any atom is -0.369 e. The van der Waals surface area contributed by atoms with Crippen LogP contribution in [0.1, 0.15) is 46.0 Å². The molecule has 2 N–H and O–H groups in total. The van der Waals surface area contributed by atoms with E-state index in [2.05, 4.69) is 43.0 Å². The van der Waals surface area contributed by atoms with E-state index in [0.717, 1.165) is 12.2 Å². The van der Waals surface area contributed by atoms with Crippen LogP contribution in [0.2, 0.25) is 0 Å². The predicted molar refractivity (Wildman–Crippen MR) is 67.7 cm³/mol. The van der Waals surface area contributed by atoms with E-state index in [9.17, 15) is 0 Å². The first-order valence-corrected chi connectivity index (χ1v) is 6.22. The number of ether oxygens (including phenoxy) is 1. The molecule has 17 heavy (non-hydrogen) atoms. The van der Waals surface area contributed by atoms with Crippen molar-refractivity contribution in [3.05, 3.63) is 18.2 Å². The second-order valence-corrected chi connectivity index (χ2v) is 6.02. The van der Waals surface area contributed by atoms with Crippen molar-refractivity contribution in [1.29, 1.82) is 0 Å². The van der Waals surface area contributed by atoms with Crippen LogP contribution in [0.3, 0.4) is 0 Å². The van der Waals surface area contributed by atoms with Crippen molar-refractivity contribution in [2.24, 2.45) is 5.92 Å². The Kier molecular flexibility index (Phi) is 3.04. The molecule has 1 saturated heterocycles. The van der Waals surface area contributed by atoms with Crippen LogP contribution in [-0.4, -0.2) is 28.2 Å². The molecule has 0 saturated carbocycles. The summed E-state index contributed by atoms with van der Waals surface area (Å²) in [6.45, 7) is 8.65. The summed E-state index contributed by atoms with van der Waals surface area (Å²) in [6, 6.07) is 0.210. The average molecular weight is 237 g/mol. The summed E-state index contributed by atoms with van der Waals surface area (Å²) in [5, 5.41) is 3.37. The Morgan fingerprint density at radius 3 is 2.59 bits per heavy atom. The van der Waals surface area contributed by atoms with Gasteiger partial charge in [-0.05, 0) is 41.2 Å². The van der Waals surface area contributed by atoms with Crippen LogP contribution in [0.4, 0.5) is 0 Å². The van der Waals surface area contributed by atoms with E-state index >= 15 is 0 Å². The van der Waals surface area contributed by atoms with E-state index < -0.39 is 0 Å². The van der Waals surface area contributed by atoms with E-state index in [1.54, 1.807) is 6.20 Å². The molecule has 1 aromatic heterocycles. The van der Waals surface area contributed by atoms with Crippen molar-refractivity contribution in [1.82, 2.24) is 15.3 Å². The Bertz CT molecular complexity index is 370. The van der Waals surface area contributed by atoms with Gasteiger partial charge in [-0.1, -0.05) is 0 Å². The maximum Gasteiger partial charge on any atom is 0.123 e. The molecule has 0 radical (unpaired) electrons. The zero-order valence-electron chi connectivity index (χ0n) is 11.4.